The number of rotatable bonds is 4. The lowest BCUT2D eigenvalue weighted by molar-refractivity contribution is 0.565. The van der Waals surface area contributed by atoms with Gasteiger partial charge in [-0.05, 0) is 11.1 Å². The van der Waals surface area contributed by atoms with Gasteiger partial charge in [0.15, 0.2) is 0 Å². The number of thioether (sulfide) groups is 1. The van der Waals surface area contributed by atoms with Gasteiger partial charge in [0, 0.05) is 50.0 Å². The molecule has 0 fully saturated rings. The minimum absolute atomic E-state index is 0.482. The highest BCUT2D eigenvalue weighted by Crippen LogP contribution is 2.31. The third-order valence-electron chi connectivity index (χ3n) is 3.63. The number of benzene rings is 1. The molecule has 1 aromatic carbocycles. The van der Waals surface area contributed by atoms with E-state index in [1.807, 2.05) is 31.2 Å². The Balaban J connectivity index is 1.61. The molecule has 0 saturated carbocycles. The molecule has 0 saturated heterocycles. The van der Waals surface area contributed by atoms with E-state index in [4.69, 9.17) is 0 Å². The Morgan fingerprint density at radius 3 is 3.16 bits per heavy atom. The molecule has 2 aromatic rings. The lowest BCUT2D eigenvalue weighted by Crippen LogP contribution is -2.28. The highest BCUT2D eigenvalue weighted by Gasteiger charge is 2.19. The number of aryl methyl sites for hydroxylation is 1. The van der Waals surface area contributed by atoms with Crippen molar-refractivity contribution in [3.8, 4) is 0 Å². The first kappa shape index (κ1) is 12.8. The zero-order chi connectivity index (χ0) is 13.1. The molecule has 100 valence electrons. The van der Waals surface area contributed by atoms with Crippen molar-refractivity contribution < 1.29 is 0 Å². The fourth-order valence-corrected chi connectivity index (χ4v) is 3.68. The third kappa shape index (κ3) is 2.85. The van der Waals surface area contributed by atoms with E-state index in [0.29, 0.717) is 6.04 Å². The van der Waals surface area contributed by atoms with Crippen LogP contribution in [0.5, 0.6) is 0 Å². The first-order valence-electron chi connectivity index (χ1n) is 6.70. The van der Waals surface area contributed by atoms with Gasteiger partial charge in [-0.2, -0.15) is 11.8 Å². The predicted octanol–water partition coefficient (Wildman–Crippen LogP) is 2.54. The van der Waals surface area contributed by atoms with E-state index in [1.165, 1.54) is 11.1 Å². The number of nitrogens with zero attached hydrogens (tertiary/aromatic N) is 2. The summed E-state index contributed by atoms with van der Waals surface area (Å²) in [5.41, 5.74) is 2.95. The lowest BCUT2D eigenvalue weighted by atomic mass is 10.0. The van der Waals surface area contributed by atoms with Gasteiger partial charge >= 0.3 is 0 Å². The van der Waals surface area contributed by atoms with E-state index in [9.17, 15) is 0 Å². The molecule has 1 atom stereocenters. The van der Waals surface area contributed by atoms with E-state index >= 15 is 0 Å². The summed E-state index contributed by atoms with van der Waals surface area (Å²) in [7, 11) is 2.05. The molecule has 0 spiro atoms. The van der Waals surface area contributed by atoms with Crippen LogP contribution in [0.1, 0.15) is 23.0 Å². The molecule has 3 nitrogen and oxygen atoms in total. The van der Waals surface area contributed by atoms with Gasteiger partial charge in [-0.3, -0.25) is 0 Å². The molecule has 0 bridgehead atoms. The molecule has 1 aliphatic rings. The van der Waals surface area contributed by atoms with Gasteiger partial charge in [-0.15, -0.1) is 0 Å². The normalized spacial score (nSPS) is 18.3. The predicted molar refractivity (Wildman–Crippen MR) is 80.3 cm³/mol. The van der Waals surface area contributed by atoms with E-state index in [1.54, 1.807) is 0 Å². The van der Waals surface area contributed by atoms with Gasteiger partial charge in [0.2, 0.25) is 0 Å². The highest BCUT2D eigenvalue weighted by atomic mass is 32.2. The molecule has 1 unspecified atom stereocenters. The van der Waals surface area contributed by atoms with Crippen molar-refractivity contribution in [2.24, 2.45) is 7.05 Å². The number of hydrogen-bond donors (Lipinski definition) is 1. The number of hydrogen-bond acceptors (Lipinski definition) is 3. The minimum atomic E-state index is 0.482. The second-order valence-corrected chi connectivity index (χ2v) is 5.96. The van der Waals surface area contributed by atoms with Gasteiger partial charge in [-0.25, -0.2) is 4.98 Å². The van der Waals surface area contributed by atoms with Crippen LogP contribution in [-0.4, -0.2) is 21.8 Å². The van der Waals surface area contributed by atoms with Gasteiger partial charge in [0.05, 0.1) is 0 Å². The van der Waals surface area contributed by atoms with Crippen LogP contribution in [0, 0.1) is 0 Å². The Bertz CT molecular complexity index is 550. The molecule has 1 aromatic heterocycles. The molecule has 19 heavy (non-hydrogen) atoms. The quantitative estimate of drug-likeness (QED) is 0.928. The van der Waals surface area contributed by atoms with Crippen molar-refractivity contribution in [2.45, 2.75) is 18.2 Å². The topological polar surface area (TPSA) is 29.9 Å². The number of aromatic nitrogens is 2. The molecule has 1 N–H and O–H groups in total. The van der Waals surface area contributed by atoms with Crippen LogP contribution in [0.15, 0.2) is 36.7 Å². The van der Waals surface area contributed by atoms with Gasteiger partial charge in [0.1, 0.15) is 5.82 Å². The highest BCUT2D eigenvalue weighted by molar-refractivity contribution is 7.98. The fourth-order valence-electron chi connectivity index (χ4n) is 2.55. The molecule has 1 aliphatic heterocycles. The average molecular weight is 273 g/mol. The number of imidazole rings is 1. The molecule has 0 aliphatic carbocycles. The number of nitrogens with one attached hydrogen (secondary N) is 1. The van der Waals surface area contributed by atoms with Crippen LogP contribution in [0.3, 0.4) is 0 Å². The standard InChI is InChI=1S/C15H19N3S/c1-18-9-8-17-15(18)6-7-16-14-11-19-10-12-4-2-3-5-13(12)14/h2-5,8-9,14,16H,6-7,10-11H2,1H3. The molecule has 4 heteroatoms. The molecular weight excluding hydrogens is 254 g/mol. The summed E-state index contributed by atoms with van der Waals surface area (Å²) >= 11 is 2.01. The molecular formula is C15H19N3S. The monoisotopic (exact) mass is 273 g/mol. The summed E-state index contributed by atoms with van der Waals surface area (Å²) in [6.45, 7) is 0.977. The Labute approximate surface area is 118 Å². The van der Waals surface area contributed by atoms with Crippen LogP contribution >= 0.6 is 11.8 Å². The number of fused-ring (bicyclic) bond motifs is 1. The third-order valence-corrected chi connectivity index (χ3v) is 4.72. The first-order chi connectivity index (χ1) is 9.34. The maximum atomic E-state index is 4.36. The van der Waals surface area contributed by atoms with Crippen LogP contribution in [-0.2, 0) is 19.2 Å². The van der Waals surface area contributed by atoms with Crippen molar-refractivity contribution in [2.75, 3.05) is 12.3 Å². The van der Waals surface area contributed by atoms with Crippen molar-refractivity contribution in [1.29, 1.82) is 0 Å². The van der Waals surface area contributed by atoms with Crippen LogP contribution in [0.4, 0.5) is 0 Å². The van der Waals surface area contributed by atoms with E-state index in [0.717, 1.165) is 30.3 Å². The average Bonchev–Trinajstić information content (AvgIpc) is 2.85. The Morgan fingerprint density at radius 1 is 1.42 bits per heavy atom. The van der Waals surface area contributed by atoms with Crippen LogP contribution in [0.25, 0.3) is 0 Å². The zero-order valence-electron chi connectivity index (χ0n) is 11.2. The summed E-state index contributed by atoms with van der Waals surface area (Å²) in [5.74, 6) is 3.45. The lowest BCUT2D eigenvalue weighted by Gasteiger charge is -2.26. The van der Waals surface area contributed by atoms with E-state index < -0.39 is 0 Å². The largest absolute Gasteiger partial charge is 0.338 e. The Morgan fingerprint density at radius 2 is 2.32 bits per heavy atom. The van der Waals surface area contributed by atoms with Gasteiger partial charge in [-0.1, -0.05) is 24.3 Å². The summed E-state index contributed by atoms with van der Waals surface area (Å²) in [4.78, 5) is 4.36. The van der Waals surface area contributed by atoms with Crippen molar-refractivity contribution in [3.63, 3.8) is 0 Å². The maximum Gasteiger partial charge on any atom is 0.109 e. The molecule has 0 amide bonds. The summed E-state index contributed by atoms with van der Waals surface area (Å²) in [6, 6.07) is 9.26. The SMILES string of the molecule is Cn1ccnc1CCNC1CSCc2ccccc21. The van der Waals surface area contributed by atoms with E-state index in [-0.39, 0.29) is 0 Å². The van der Waals surface area contributed by atoms with Crippen molar-refractivity contribution in [3.05, 3.63) is 53.6 Å². The Kier molecular flexibility index (Phi) is 3.89. The second kappa shape index (κ2) is 5.80. The first-order valence-corrected chi connectivity index (χ1v) is 7.85. The fraction of sp³-hybridized carbons (Fsp3) is 0.400. The van der Waals surface area contributed by atoms with Gasteiger partial charge < -0.3 is 9.88 Å². The maximum absolute atomic E-state index is 4.36. The summed E-state index contributed by atoms with van der Waals surface area (Å²) in [5, 5.41) is 3.67. The Hall–Kier alpha value is -1.26. The van der Waals surface area contributed by atoms with Crippen LogP contribution < -0.4 is 5.32 Å². The smallest absolute Gasteiger partial charge is 0.109 e. The molecule has 2 heterocycles. The van der Waals surface area contributed by atoms with Gasteiger partial charge in [0.25, 0.3) is 0 Å². The second-order valence-electron chi connectivity index (χ2n) is 4.93. The summed E-state index contributed by atoms with van der Waals surface area (Å²) in [6.07, 6.45) is 4.84. The van der Waals surface area contributed by atoms with Crippen molar-refractivity contribution in [1.82, 2.24) is 14.9 Å². The zero-order valence-corrected chi connectivity index (χ0v) is 12.0. The van der Waals surface area contributed by atoms with Crippen LogP contribution in [0.2, 0.25) is 0 Å². The van der Waals surface area contributed by atoms with Crippen molar-refractivity contribution >= 4 is 11.8 Å². The molecule has 3 rings (SSSR count). The summed E-state index contributed by atoms with van der Waals surface area (Å²) < 4.78 is 2.09. The minimum Gasteiger partial charge on any atom is -0.338 e. The molecule has 0 radical (unpaired) electrons. The van der Waals surface area contributed by atoms with E-state index in [2.05, 4.69) is 39.1 Å².